The van der Waals surface area contributed by atoms with E-state index in [2.05, 4.69) is 67.8 Å². The van der Waals surface area contributed by atoms with Gasteiger partial charge in [-0.05, 0) is 77.0 Å². The van der Waals surface area contributed by atoms with Crippen LogP contribution >= 0.6 is 0 Å². The van der Waals surface area contributed by atoms with Gasteiger partial charge >= 0.3 is 0 Å². The van der Waals surface area contributed by atoms with Gasteiger partial charge in [-0.25, -0.2) is 0 Å². The Balaban J connectivity index is 3.72. The number of carbonyl (C=O) groups is 1. The van der Waals surface area contributed by atoms with E-state index in [0.29, 0.717) is 6.42 Å². The summed E-state index contributed by atoms with van der Waals surface area (Å²) in [6.45, 7) is 4.24. The van der Waals surface area contributed by atoms with Gasteiger partial charge in [-0.1, -0.05) is 158 Å². The van der Waals surface area contributed by atoms with Crippen molar-refractivity contribution < 1.29 is 15.0 Å². The Bertz CT molecular complexity index is 782. The van der Waals surface area contributed by atoms with Gasteiger partial charge in [-0.2, -0.15) is 0 Å². The molecule has 0 aromatic heterocycles. The first kappa shape index (κ1) is 44.1. The largest absolute Gasteiger partial charge is 0.394 e. The van der Waals surface area contributed by atoms with E-state index >= 15 is 0 Å². The smallest absolute Gasteiger partial charge is 0.220 e. The first-order valence-electron chi connectivity index (χ1n) is 19.5. The van der Waals surface area contributed by atoms with Gasteiger partial charge < -0.3 is 15.5 Å². The van der Waals surface area contributed by atoms with Crippen LogP contribution < -0.4 is 5.32 Å². The summed E-state index contributed by atoms with van der Waals surface area (Å²) >= 11 is 0. The Kier molecular flexibility index (Phi) is 36.0. The van der Waals surface area contributed by atoms with Crippen LogP contribution in [0.2, 0.25) is 0 Å². The van der Waals surface area contributed by atoms with Gasteiger partial charge in [0.25, 0.3) is 0 Å². The minimum atomic E-state index is -0.874. The molecule has 46 heavy (non-hydrogen) atoms. The highest BCUT2D eigenvalue weighted by molar-refractivity contribution is 5.76. The second-order valence-electron chi connectivity index (χ2n) is 13.0. The number of hydrogen-bond acceptors (Lipinski definition) is 3. The first-order chi connectivity index (χ1) is 22.7. The number of aliphatic hydroxyl groups is 2. The summed E-state index contributed by atoms with van der Waals surface area (Å²) in [5.41, 5.74) is 0. The molecule has 0 aliphatic carbocycles. The first-order valence-corrected chi connectivity index (χ1v) is 19.5. The molecule has 0 heterocycles. The summed E-state index contributed by atoms with van der Waals surface area (Å²) in [5, 5.41) is 22.9. The van der Waals surface area contributed by atoms with E-state index in [1.165, 1.54) is 109 Å². The lowest BCUT2D eigenvalue weighted by Gasteiger charge is -2.19. The van der Waals surface area contributed by atoms with Crippen molar-refractivity contribution in [2.24, 2.45) is 0 Å². The van der Waals surface area contributed by atoms with Crippen LogP contribution in [0.3, 0.4) is 0 Å². The number of unbranched alkanes of at least 4 members (excludes halogenated alkanes) is 19. The standard InChI is InChI=1S/C42H75NO3/c1-3-5-7-9-11-13-15-17-19-21-23-25-27-29-31-33-35-37-41(45)40(39-44)43-42(46)38-36-34-32-30-28-26-24-22-20-18-16-14-12-10-8-6-4-2/h12,14,18-21,27,29,35,37,40-41,44-45H,3-11,13,15-17,22-26,28,30-34,36,38-39H2,1-2H3,(H,43,46)/b14-12-,20-18-,21-19+,29-27+,37-35+. The molecule has 2 atom stereocenters. The molecule has 0 saturated heterocycles. The minimum absolute atomic E-state index is 0.0894. The van der Waals surface area contributed by atoms with Crippen molar-refractivity contribution in [3.05, 3.63) is 60.8 Å². The van der Waals surface area contributed by atoms with E-state index in [0.717, 1.165) is 51.4 Å². The molecule has 0 bridgehead atoms. The number of rotatable bonds is 34. The average molecular weight is 642 g/mol. The molecule has 266 valence electrons. The summed E-state index contributed by atoms with van der Waals surface area (Å²) in [6.07, 6.45) is 51.6. The van der Waals surface area contributed by atoms with Crippen LogP contribution in [0.15, 0.2) is 60.8 Å². The fourth-order valence-corrected chi connectivity index (χ4v) is 5.41. The molecule has 0 aromatic rings. The molecule has 0 aromatic carbocycles. The van der Waals surface area contributed by atoms with Crippen molar-refractivity contribution in [1.82, 2.24) is 5.32 Å². The third kappa shape index (κ3) is 33.5. The van der Waals surface area contributed by atoms with Crippen molar-refractivity contribution in [2.45, 2.75) is 193 Å². The maximum Gasteiger partial charge on any atom is 0.220 e. The van der Waals surface area contributed by atoms with Gasteiger partial charge in [0.15, 0.2) is 0 Å². The molecule has 0 rings (SSSR count). The van der Waals surface area contributed by atoms with Crippen molar-refractivity contribution >= 4 is 5.91 Å². The molecule has 0 saturated carbocycles. The molecule has 0 spiro atoms. The topological polar surface area (TPSA) is 69.6 Å². The van der Waals surface area contributed by atoms with Crippen LogP contribution in [0.5, 0.6) is 0 Å². The highest BCUT2D eigenvalue weighted by Crippen LogP contribution is 2.11. The molecule has 0 aliphatic rings. The zero-order valence-corrected chi connectivity index (χ0v) is 30.3. The SMILES string of the molecule is CCCCC/C=C\C/C=C\CCCCCCCCCC(=O)NC(CO)C(O)/C=C/CC/C=C/CC/C=C/CCCCCCCCC. The average Bonchev–Trinajstić information content (AvgIpc) is 3.06. The van der Waals surface area contributed by atoms with Crippen molar-refractivity contribution in [3.63, 3.8) is 0 Å². The number of carbonyl (C=O) groups excluding carboxylic acids is 1. The third-order valence-corrected chi connectivity index (χ3v) is 8.45. The van der Waals surface area contributed by atoms with Gasteiger partial charge in [0, 0.05) is 6.42 Å². The Labute approximate surface area is 286 Å². The fourth-order valence-electron chi connectivity index (χ4n) is 5.41. The molecule has 0 radical (unpaired) electrons. The number of hydrogen-bond donors (Lipinski definition) is 3. The lowest BCUT2D eigenvalue weighted by molar-refractivity contribution is -0.123. The number of nitrogens with one attached hydrogen (secondary N) is 1. The minimum Gasteiger partial charge on any atom is -0.394 e. The van der Waals surface area contributed by atoms with E-state index in [1.807, 2.05) is 6.08 Å². The molecule has 2 unspecified atom stereocenters. The van der Waals surface area contributed by atoms with Crippen molar-refractivity contribution in [3.8, 4) is 0 Å². The van der Waals surface area contributed by atoms with E-state index in [9.17, 15) is 15.0 Å². The third-order valence-electron chi connectivity index (χ3n) is 8.45. The maximum absolute atomic E-state index is 12.3. The van der Waals surface area contributed by atoms with Crippen molar-refractivity contribution in [2.75, 3.05) is 6.61 Å². The Morgan fingerprint density at radius 2 is 0.913 bits per heavy atom. The van der Waals surface area contributed by atoms with Crippen LogP contribution in [-0.2, 0) is 4.79 Å². The Hall–Kier alpha value is -1.91. The monoisotopic (exact) mass is 642 g/mol. The van der Waals surface area contributed by atoms with Crippen LogP contribution in [0, 0.1) is 0 Å². The zero-order valence-electron chi connectivity index (χ0n) is 30.3. The highest BCUT2D eigenvalue weighted by Gasteiger charge is 2.17. The van der Waals surface area contributed by atoms with Crippen LogP contribution in [0.25, 0.3) is 0 Å². The summed E-state index contributed by atoms with van der Waals surface area (Å²) in [4.78, 5) is 12.3. The molecule has 3 N–H and O–H groups in total. The number of aliphatic hydroxyl groups excluding tert-OH is 2. The van der Waals surface area contributed by atoms with Gasteiger partial charge in [0.1, 0.15) is 0 Å². The molecular weight excluding hydrogens is 566 g/mol. The fraction of sp³-hybridized carbons (Fsp3) is 0.738. The van der Waals surface area contributed by atoms with Gasteiger partial charge in [0.05, 0.1) is 18.8 Å². The number of amides is 1. The number of allylic oxidation sites excluding steroid dienone is 9. The zero-order chi connectivity index (χ0) is 33.6. The normalized spacial score (nSPS) is 13.7. The summed E-state index contributed by atoms with van der Waals surface area (Å²) in [5.74, 6) is -0.0894. The van der Waals surface area contributed by atoms with Crippen LogP contribution in [0.1, 0.15) is 181 Å². The van der Waals surface area contributed by atoms with E-state index in [-0.39, 0.29) is 12.5 Å². The molecule has 4 heteroatoms. The van der Waals surface area contributed by atoms with E-state index in [4.69, 9.17) is 0 Å². The van der Waals surface area contributed by atoms with E-state index < -0.39 is 12.1 Å². The van der Waals surface area contributed by atoms with Gasteiger partial charge in [0.2, 0.25) is 5.91 Å². The predicted molar refractivity (Wildman–Crippen MR) is 202 cm³/mol. The second kappa shape index (κ2) is 37.5. The van der Waals surface area contributed by atoms with Crippen molar-refractivity contribution in [1.29, 1.82) is 0 Å². The summed E-state index contributed by atoms with van der Waals surface area (Å²) < 4.78 is 0. The maximum atomic E-state index is 12.3. The van der Waals surface area contributed by atoms with Crippen LogP contribution in [0.4, 0.5) is 0 Å². The quantitative estimate of drug-likeness (QED) is 0.0483. The van der Waals surface area contributed by atoms with Gasteiger partial charge in [-0.3, -0.25) is 4.79 Å². The summed E-state index contributed by atoms with van der Waals surface area (Å²) in [7, 11) is 0. The molecular formula is C42H75NO3. The lowest BCUT2D eigenvalue weighted by Crippen LogP contribution is -2.45. The predicted octanol–water partition coefficient (Wildman–Crippen LogP) is 11.8. The molecule has 1 amide bonds. The van der Waals surface area contributed by atoms with Gasteiger partial charge in [-0.15, -0.1) is 0 Å². The summed E-state index contributed by atoms with van der Waals surface area (Å²) in [6, 6.07) is -0.650. The second-order valence-corrected chi connectivity index (χ2v) is 13.0. The Morgan fingerprint density at radius 1 is 0.522 bits per heavy atom. The molecule has 0 fully saturated rings. The molecule has 0 aliphatic heterocycles. The lowest BCUT2D eigenvalue weighted by atomic mass is 10.1. The van der Waals surface area contributed by atoms with E-state index in [1.54, 1.807) is 6.08 Å². The highest BCUT2D eigenvalue weighted by atomic mass is 16.3. The Morgan fingerprint density at radius 3 is 1.43 bits per heavy atom. The molecule has 4 nitrogen and oxygen atoms in total. The van der Waals surface area contributed by atoms with Crippen LogP contribution in [-0.4, -0.2) is 34.9 Å².